The molecular formula is C8H14N2O4. The van der Waals surface area contributed by atoms with E-state index in [2.05, 4.69) is 11.9 Å². The first kappa shape index (κ1) is 12.4. The first-order valence-corrected chi connectivity index (χ1v) is 4.08. The molecule has 4 N–H and O–H groups in total. The van der Waals surface area contributed by atoms with Gasteiger partial charge in [-0.2, -0.15) is 0 Å². The largest absolute Gasteiger partial charge is 0.465 e. The molecule has 0 radical (unpaired) electrons. The maximum absolute atomic E-state index is 11.0. The van der Waals surface area contributed by atoms with Gasteiger partial charge in [-0.25, -0.2) is 4.79 Å². The number of aliphatic hydroxyl groups is 1. The van der Waals surface area contributed by atoms with E-state index in [1.165, 1.54) is 0 Å². The minimum Gasteiger partial charge on any atom is -0.465 e. The van der Waals surface area contributed by atoms with E-state index in [1.807, 2.05) is 5.32 Å². The van der Waals surface area contributed by atoms with Crippen molar-refractivity contribution in [2.75, 3.05) is 13.2 Å². The summed E-state index contributed by atoms with van der Waals surface area (Å²) in [6.07, 6.45) is 0.741. The smallest absolute Gasteiger partial charge is 0.405 e. The molecule has 2 amide bonds. The second-order valence-corrected chi connectivity index (χ2v) is 2.63. The number of hydrogen-bond donors (Lipinski definition) is 4. The Bertz CT molecular complexity index is 217. The van der Waals surface area contributed by atoms with Gasteiger partial charge in [0.2, 0.25) is 5.91 Å². The molecule has 0 aromatic carbocycles. The lowest BCUT2D eigenvalue weighted by molar-refractivity contribution is -0.121. The van der Waals surface area contributed by atoms with E-state index in [0.717, 1.165) is 0 Å². The van der Waals surface area contributed by atoms with E-state index >= 15 is 0 Å². The molecule has 0 spiro atoms. The predicted molar refractivity (Wildman–Crippen MR) is 49.9 cm³/mol. The van der Waals surface area contributed by atoms with Crippen LogP contribution in [0.5, 0.6) is 0 Å². The average Bonchev–Trinajstić information content (AvgIpc) is 2.14. The molecule has 0 unspecified atom stereocenters. The van der Waals surface area contributed by atoms with Gasteiger partial charge in [0.15, 0.2) is 0 Å². The first-order valence-electron chi connectivity index (χ1n) is 4.08. The molecule has 0 fully saturated rings. The number of carbonyl (C=O) groups is 2. The summed E-state index contributed by atoms with van der Waals surface area (Å²) in [6.45, 7) is 2.94. The molecule has 0 heterocycles. The summed E-state index contributed by atoms with van der Waals surface area (Å²) in [5.74, 6) is -0.478. The van der Waals surface area contributed by atoms with Gasteiger partial charge in [-0.15, -0.1) is 6.58 Å². The fourth-order valence-corrected chi connectivity index (χ4v) is 0.815. The molecule has 6 nitrogen and oxygen atoms in total. The number of carbonyl (C=O) groups excluding carboxylic acids is 1. The highest BCUT2D eigenvalue weighted by molar-refractivity contribution is 5.81. The highest BCUT2D eigenvalue weighted by Gasteiger charge is 2.09. The number of aliphatic hydroxyl groups excluding tert-OH is 1. The third-order valence-electron chi connectivity index (χ3n) is 1.44. The molecule has 0 saturated heterocycles. The molecule has 0 aromatic rings. The lowest BCUT2D eigenvalue weighted by atomic mass is 10.2. The van der Waals surface area contributed by atoms with Crippen LogP contribution >= 0.6 is 0 Å². The highest BCUT2D eigenvalue weighted by Crippen LogP contribution is 1.90. The summed E-state index contributed by atoms with van der Waals surface area (Å²) in [5, 5.41) is 21.3. The number of nitrogens with one attached hydrogen (secondary N) is 2. The standard InChI is InChI=1S/C8H14N2O4/c1-2-3-6(5-11)10-7(12)4-9-8(13)14/h2,6,9,11H,1,3-5H2,(H,10,12)(H,13,14)/t6-/m0/s1. The lowest BCUT2D eigenvalue weighted by Gasteiger charge is -2.13. The third-order valence-corrected chi connectivity index (χ3v) is 1.44. The molecule has 0 aliphatic carbocycles. The van der Waals surface area contributed by atoms with Gasteiger partial charge in [-0.05, 0) is 6.42 Å². The molecule has 0 bridgehead atoms. The molecular weight excluding hydrogens is 188 g/mol. The second-order valence-electron chi connectivity index (χ2n) is 2.63. The molecule has 0 rings (SSSR count). The van der Waals surface area contributed by atoms with Crippen LogP contribution in [0.3, 0.4) is 0 Å². The van der Waals surface area contributed by atoms with Crippen LogP contribution in [0.2, 0.25) is 0 Å². The summed E-state index contributed by atoms with van der Waals surface area (Å²) < 4.78 is 0. The van der Waals surface area contributed by atoms with Crippen molar-refractivity contribution in [2.24, 2.45) is 0 Å². The quantitative estimate of drug-likeness (QED) is 0.428. The molecule has 0 aliphatic rings. The van der Waals surface area contributed by atoms with Crippen LogP contribution in [0.25, 0.3) is 0 Å². The zero-order valence-electron chi connectivity index (χ0n) is 7.69. The van der Waals surface area contributed by atoms with Crippen molar-refractivity contribution in [3.8, 4) is 0 Å². The zero-order chi connectivity index (χ0) is 11.0. The van der Waals surface area contributed by atoms with Crippen LogP contribution in [-0.4, -0.2) is 41.4 Å². The lowest BCUT2D eigenvalue weighted by Crippen LogP contribution is -2.43. The van der Waals surface area contributed by atoms with E-state index in [4.69, 9.17) is 10.2 Å². The van der Waals surface area contributed by atoms with Crippen LogP contribution in [0.1, 0.15) is 6.42 Å². The average molecular weight is 202 g/mol. The van der Waals surface area contributed by atoms with Crippen molar-refractivity contribution in [1.82, 2.24) is 10.6 Å². The van der Waals surface area contributed by atoms with Crippen LogP contribution in [0.4, 0.5) is 4.79 Å². The van der Waals surface area contributed by atoms with Gasteiger partial charge in [0, 0.05) is 0 Å². The fourth-order valence-electron chi connectivity index (χ4n) is 0.815. The van der Waals surface area contributed by atoms with Crippen molar-refractivity contribution < 1.29 is 19.8 Å². The van der Waals surface area contributed by atoms with Crippen molar-refractivity contribution in [3.05, 3.63) is 12.7 Å². The fraction of sp³-hybridized carbons (Fsp3) is 0.500. The Morgan fingerprint density at radius 2 is 2.14 bits per heavy atom. The Labute approximate surface area is 81.6 Å². The minimum atomic E-state index is -1.26. The Morgan fingerprint density at radius 1 is 1.50 bits per heavy atom. The van der Waals surface area contributed by atoms with E-state index in [-0.39, 0.29) is 13.2 Å². The molecule has 0 saturated carbocycles. The summed E-state index contributed by atoms with van der Waals surface area (Å²) in [7, 11) is 0. The number of hydrogen-bond acceptors (Lipinski definition) is 3. The van der Waals surface area contributed by atoms with Crippen molar-refractivity contribution in [2.45, 2.75) is 12.5 Å². The Morgan fingerprint density at radius 3 is 2.57 bits per heavy atom. The molecule has 0 aromatic heterocycles. The van der Waals surface area contributed by atoms with Gasteiger partial charge < -0.3 is 20.8 Å². The van der Waals surface area contributed by atoms with Crippen molar-refractivity contribution in [3.63, 3.8) is 0 Å². The second kappa shape index (κ2) is 6.90. The molecule has 6 heteroatoms. The Hall–Kier alpha value is -1.56. The van der Waals surface area contributed by atoms with Gasteiger partial charge in [-0.1, -0.05) is 6.08 Å². The highest BCUT2D eigenvalue weighted by atomic mass is 16.4. The first-order chi connectivity index (χ1) is 6.60. The van der Waals surface area contributed by atoms with Gasteiger partial charge in [0.05, 0.1) is 19.2 Å². The summed E-state index contributed by atoms with van der Waals surface area (Å²) >= 11 is 0. The van der Waals surface area contributed by atoms with E-state index in [9.17, 15) is 9.59 Å². The van der Waals surface area contributed by atoms with Crippen LogP contribution < -0.4 is 10.6 Å². The van der Waals surface area contributed by atoms with Gasteiger partial charge in [0.1, 0.15) is 0 Å². The van der Waals surface area contributed by atoms with E-state index in [1.54, 1.807) is 6.08 Å². The van der Waals surface area contributed by atoms with Crippen molar-refractivity contribution >= 4 is 12.0 Å². The zero-order valence-corrected chi connectivity index (χ0v) is 7.69. The van der Waals surface area contributed by atoms with Crippen LogP contribution in [-0.2, 0) is 4.79 Å². The van der Waals surface area contributed by atoms with Crippen molar-refractivity contribution in [1.29, 1.82) is 0 Å². The van der Waals surface area contributed by atoms with Gasteiger partial charge in [-0.3, -0.25) is 4.79 Å². The molecule has 80 valence electrons. The topological polar surface area (TPSA) is 98.7 Å². The summed E-state index contributed by atoms with van der Waals surface area (Å²) in [6, 6.07) is -0.407. The predicted octanol–water partition coefficient (Wildman–Crippen LogP) is -0.693. The minimum absolute atomic E-state index is 0.204. The normalized spacial score (nSPS) is 11.5. The maximum atomic E-state index is 11.0. The summed E-state index contributed by atoms with van der Waals surface area (Å²) in [4.78, 5) is 21.0. The Kier molecular flexibility index (Phi) is 6.13. The molecule has 1 atom stereocenters. The van der Waals surface area contributed by atoms with Gasteiger partial charge >= 0.3 is 6.09 Å². The van der Waals surface area contributed by atoms with E-state index < -0.39 is 18.0 Å². The molecule has 0 aliphatic heterocycles. The maximum Gasteiger partial charge on any atom is 0.405 e. The SMILES string of the molecule is C=CC[C@@H](CO)NC(=O)CNC(=O)O. The van der Waals surface area contributed by atoms with E-state index in [0.29, 0.717) is 6.42 Å². The molecule has 14 heavy (non-hydrogen) atoms. The van der Waals surface area contributed by atoms with Gasteiger partial charge in [0.25, 0.3) is 0 Å². The summed E-state index contributed by atoms with van der Waals surface area (Å²) in [5.41, 5.74) is 0. The number of carboxylic acid groups (broad SMARTS) is 1. The number of rotatable bonds is 6. The third kappa shape index (κ3) is 6.01. The van der Waals surface area contributed by atoms with Crippen LogP contribution in [0.15, 0.2) is 12.7 Å². The monoisotopic (exact) mass is 202 g/mol. The Balaban J connectivity index is 3.78. The van der Waals surface area contributed by atoms with Crippen LogP contribution in [0, 0.1) is 0 Å². The number of amides is 2.